The zero-order chi connectivity index (χ0) is 16.4. The van der Waals surface area contributed by atoms with Gasteiger partial charge < -0.3 is 10.0 Å². The van der Waals surface area contributed by atoms with Gasteiger partial charge in [0, 0.05) is 51.9 Å². The quantitative estimate of drug-likeness (QED) is 0.915. The van der Waals surface area contributed by atoms with E-state index in [1.54, 1.807) is 0 Å². The van der Waals surface area contributed by atoms with Crippen molar-refractivity contribution in [2.24, 2.45) is 0 Å². The molecule has 128 valence electrons. The fourth-order valence-electron chi connectivity index (χ4n) is 3.92. The minimum atomic E-state index is -0.225. The highest BCUT2D eigenvalue weighted by Gasteiger charge is 2.33. The SMILES string of the molecule is Cc1ccc(C)c(CN2CC[C@@H](N3CCN(C)CC3)[C@H](O)C2)c1. The monoisotopic (exact) mass is 317 g/mol. The first-order chi connectivity index (χ1) is 11.0. The van der Waals surface area contributed by atoms with Gasteiger partial charge in [0.1, 0.15) is 0 Å². The van der Waals surface area contributed by atoms with Crippen molar-refractivity contribution in [3.05, 3.63) is 34.9 Å². The van der Waals surface area contributed by atoms with Crippen LogP contribution < -0.4 is 0 Å². The molecule has 0 aromatic heterocycles. The Kier molecular flexibility index (Phi) is 5.37. The summed E-state index contributed by atoms with van der Waals surface area (Å²) in [6.45, 7) is 11.6. The minimum Gasteiger partial charge on any atom is -0.390 e. The lowest BCUT2D eigenvalue weighted by Gasteiger charge is -2.44. The number of benzene rings is 1. The van der Waals surface area contributed by atoms with Gasteiger partial charge in [0.2, 0.25) is 0 Å². The molecule has 0 saturated carbocycles. The highest BCUT2D eigenvalue weighted by Crippen LogP contribution is 2.21. The van der Waals surface area contributed by atoms with E-state index < -0.39 is 0 Å². The standard InChI is InChI=1S/C19H31N3O/c1-15-4-5-16(2)17(12-15)13-21-7-6-18(19(23)14-21)22-10-8-20(3)9-11-22/h4-5,12,18-19,23H,6-11,13-14H2,1-3H3/t18-,19-/m1/s1. The molecule has 1 aromatic rings. The zero-order valence-corrected chi connectivity index (χ0v) is 14.8. The molecule has 23 heavy (non-hydrogen) atoms. The van der Waals surface area contributed by atoms with E-state index >= 15 is 0 Å². The van der Waals surface area contributed by atoms with Crippen LogP contribution in [0.3, 0.4) is 0 Å². The van der Waals surface area contributed by atoms with E-state index in [9.17, 15) is 5.11 Å². The largest absolute Gasteiger partial charge is 0.390 e. The first kappa shape index (κ1) is 16.9. The molecule has 2 heterocycles. The molecule has 2 aliphatic rings. The van der Waals surface area contributed by atoms with Crippen LogP contribution in [0.1, 0.15) is 23.1 Å². The van der Waals surface area contributed by atoms with Crippen LogP contribution in [-0.2, 0) is 6.54 Å². The molecule has 4 nitrogen and oxygen atoms in total. The number of piperazine rings is 1. The van der Waals surface area contributed by atoms with Crippen molar-refractivity contribution < 1.29 is 5.11 Å². The van der Waals surface area contributed by atoms with Crippen LogP contribution in [0.15, 0.2) is 18.2 Å². The number of aliphatic hydroxyl groups is 1. The highest BCUT2D eigenvalue weighted by molar-refractivity contribution is 5.30. The van der Waals surface area contributed by atoms with Crippen molar-refractivity contribution in [1.29, 1.82) is 0 Å². The van der Waals surface area contributed by atoms with Crippen LogP contribution in [0, 0.1) is 13.8 Å². The number of aliphatic hydroxyl groups excluding tert-OH is 1. The van der Waals surface area contributed by atoms with Gasteiger partial charge in [0.25, 0.3) is 0 Å². The van der Waals surface area contributed by atoms with E-state index in [0.717, 1.165) is 52.2 Å². The third-order valence-corrected chi connectivity index (χ3v) is 5.54. The summed E-state index contributed by atoms with van der Waals surface area (Å²) in [5.74, 6) is 0. The molecule has 1 N–H and O–H groups in total. The predicted octanol–water partition coefficient (Wildman–Crippen LogP) is 1.49. The summed E-state index contributed by atoms with van der Waals surface area (Å²) in [7, 11) is 2.18. The third kappa shape index (κ3) is 4.13. The second kappa shape index (κ2) is 7.31. The van der Waals surface area contributed by atoms with Gasteiger partial charge in [0.05, 0.1) is 6.10 Å². The molecule has 4 heteroatoms. The van der Waals surface area contributed by atoms with E-state index in [1.807, 2.05) is 0 Å². The molecule has 2 saturated heterocycles. The second-order valence-corrected chi connectivity index (χ2v) is 7.43. The van der Waals surface area contributed by atoms with Crippen LogP contribution in [0.4, 0.5) is 0 Å². The molecule has 0 unspecified atom stereocenters. The third-order valence-electron chi connectivity index (χ3n) is 5.54. The van der Waals surface area contributed by atoms with Crippen molar-refractivity contribution in [2.45, 2.75) is 39.0 Å². The van der Waals surface area contributed by atoms with Crippen molar-refractivity contribution in [3.63, 3.8) is 0 Å². The number of hydrogen-bond donors (Lipinski definition) is 1. The Balaban J connectivity index is 1.57. The van der Waals surface area contributed by atoms with Gasteiger partial charge in [-0.05, 0) is 38.4 Å². The molecule has 3 rings (SSSR count). The van der Waals surface area contributed by atoms with Crippen molar-refractivity contribution in [3.8, 4) is 0 Å². The average molecular weight is 317 g/mol. The molecule has 0 amide bonds. The Morgan fingerprint density at radius 2 is 1.83 bits per heavy atom. The maximum Gasteiger partial charge on any atom is 0.0822 e. The number of likely N-dealkylation sites (tertiary alicyclic amines) is 1. The summed E-state index contributed by atoms with van der Waals surface area (Å²) < 4.78 is 0. The van der Waals surface area contributed by atoms with Gasteiger partial charge >= 0.3 is 0 Å². The zero-order valence-electron chi connectivity index (χ0n) is 14.8. The first-order valence-corrected chi connectivity index (χ1v) is 8.92. The highest BCUT2D eigenvalue weighted by atomic mass is 16.3. The Morgan fingerprint density at radius 1 is 1.09 bits per heavy atom. The number of piperidine rings is 1. The van der Waals surface area contributed by atoms with E-state index in [-0.39, 0.29) is 6.10 Å². The summed E-state index contributed by atoms with van der Waals surface area (Å²) in [6.07, 6.45) is 0.854. The number of nitrogens with zero attached hydrogens (tertiary/aromatic N) is 3. The smallest absolute Gasteiger partial charge is 0.0822 e. The second-order valence-electron chi connectivity index (χ2n) is 7.43. The van der Waals surface area contributed by atoms with E-state index in [2.05, 4.69) is 53.8 Å². The molecule has 0 radical (unpaired) electrons. The Hall–Kier alpha value is -0.940. The summed E-state index contributed by atoms with van der Waals surface area (Å²) in [6, 6.07) is 7.01. The molecule has 2 fully saturated rings. The van der Waals surface area contributed by atoms with Crippen molar-refractivity contribution in [1.82, 2.24) is 14.7 Å². The lowest BCUT2D eigenvalue weighted by molar-refractivity contribution is -0.0286. The number of hydrogen-bond acceptors (Lipinski definition) is 4. The van der Waals surface area contributed by atoms with Crippen LogP contribution in [-0.4, -0.2) is 78.3 Å². The Bertz CT molecular complexity index is 525. The molecular formula is C19H31N3O. The molecule has 0 spiro atoms. The normalized spacial score (nSPS) is 28.2. The van der Waals surface area contributed by atoms with Crippen molar-refractivity contribution in [2.75, 3.05) is 46.3 Å². The predicted molar refractivity (Wildman–Crippen MR) is 94.7 cm³/mol. The van der Waals surface area contributed by atoms with Crippen molar-refractivity contribution >= 4 is 0 Å². The van der Waals surface area contributed by atoms with Crippen LogP contribution in [0.2, 0.25) is 0 Å². The topological polar surface area (TPSA) is 30.0 Å². The Labute approximate surface area is 140 Å². The van der Waals surface area contributed by atoms with E-state index in [4.69, 9.17) is 0 Å². The van der Waals surface area contributed by atoms with Gasteiger partial charge in [-0.15, -0.1) is 0 Å². The Morgan fingerprint density at radius 3 is 2.52 bits per heavy atom. The van der Waals surface area contributed by atoms with Gasteiger partial charge in [-0.1, -0.05) is 23.8 Å². The summed E-state index contributed by atoms with van der Waals surface area (Å²) in [5.41, 5.74) is 4.07. The maximum absolute atomic E-state index is 10.7. The number of aryl methyl sites for hydroxylation is 2. The van der Waals surface area contributed by atoms with Crippen LogP contribution >= 0.6 is 0 Å². The summed E-state index contributed by atoms with van der Waals surface area (Å²) in [4.78, 5) is 7.29. The lowest BCUT2D eigenvalue weighted by Crippen LogP contribution is -2.58. The number of β-amino-alcohol motifs (C(OH)–C–C–N with tert-alkyl or cyclic N) is 1. The molecular weight excluding hydrogens is 286 g/mol. The molecule has 1 aromatic carbocycles. The number of rotatable bonds is 3. The van der Waals surface area contributed by atoms with E-state index in [1.165, 1.54) is 16.7 Å². The summed E-state index contributed by atoms with van der Waals surface area (Å²) in [5, 5.41) is 10.7. The molecule has 2 aliphatic heterocycles. The van der Waals surface area contributed by atoms with Gasteiger partial charge in [-0.2, -0.15) is 0 Å². The summed E-state index contributed by atoms with van der Waals surface area (Å²) >= 11 is 0. The minimum absolute atomic E-state index is 0.225. The van der Waals surface area contributed by atoms with Gasteiger partial charge in [-0.25, -0.2) is 0 Å². The number of likely N-dealkylation sites (N-methyl/N-ethyl adjacent to an activating group) is 1. The molecule has 0 aliphatic carbocycles. The molecule has 0 bridgehead atoms. The van der Waals surface area contributed by atoms with E-state index in [0.29, 0.717) is 6.04 Å². The van der Waals surface area contributed by atoms with Crippen LogP contribution in [0.25, 0.3) is 0 Å². The van der Waals surface area contributed by atoms with Gasteiger partial charge in [-0.3, -0.25) is 9.80 Å². The average Bonchev–Trinajstić information content (AvgIpc) is 2.52. The first-order valence-electron chi connectivity index (χ1n) is 8.92. The lowest BCUT2D eigenvalue weighted by atomic mass is 9.97. The van der Waals surface area contributed by atoms with Crippen LogP contribution in [0.5, 0.6) is 0 Å². The van der Waals surface area contributed by atoms with Gasteiger partial charge in [0.15, 0.2) is 0 Å². The fraction of sp³-hybridized carbons (Fsp3) is 0.684. The fourth-order valence-corrected chi connectivity index (χ4v) is 3.92. The molecule has 2 atom stereocenters. The maximum atomic E-state index is 10.7.